The fourth-order valence-electron chi connectivity index (χ4n) is 3.58. The molecule has 4 rings (SSSR count). The lowest BCUT2D eigenvalue weighted by Crippen LogP contribution is -2.41. The van der Waals surface area contributed by atoms with Crippen LogP contribution in [0.5, 0.6) is 0 Å². The summed E-state index contributed by atoms with van der Waals surface area (Å²) in [5.41, 5.74) is 6.08. The first-order chi connectivity index (χ1) is 14.0. The summed E-state index contributed by atoms with van der Waals surface area (Å²) >= 11 is 6.27. The van der Waals surface area contributed by atoms with Gasteiger partial charge >= 0.3 is 0 Å². The number of halogens is 2. The van der Waals surface area contributed by atoms with Gasteiger partial charge in [0.2, 0.25) is 5.91 Å². The Morgan fingerprint density at radius 3 is 2.52 bits per heavy atom. The van der Waals surface area contributed by atoms with E-state index >= 15 is 0 Å². The van der Waals surface area contributed by atoms with E-state index in [1.807, 2.05) is 12.1 Å². The molecule has 1 aliphatic rings. The molecule has 0 unspecified atom stereocenters. The van der Waals surface area contributed by atoms with E-state index in [0.29, 0.717) is 48.0 Å². The number of piperidine rings is 1. The van der Waals surface area contributed by atoms with Crippen LogP contribution in [0.4, 0.5) is 4.39 Å². The predicted molar refractivity (Wildman–Crippen MR) is 106 cm³/mol. The van der Waals surface area contributed by atoms with Crippen LogP contribution in [0.3, 0.4) is 0 Å². The van der Waals surface area contributed by atoms with E-state index in [0.717, 1.165) is 0 Å². The van der Waals surface area contributed by atoms with Gasteiger partial charge in [-0.15, -0.1) is 0 Å². The number of hydrogen-bond donors (Lipinski definition) is 1. The lowest BCUT2D eigenvalue weighted by Gasteiger charge is -2.30. The minimum atomic E-state index is -0.459. The third-order valence-corrected chi connectivity index (χ3v) is 5.46. The maximum atomic E-state index is 13.8. The van der Waals surface area contributed by atoms with E-state index in [2.05, 4.69) is 5.10 Å². The van der Waals surface area contributed by atoms with Crippen LogP contribution in [0.1, 0.15) is 23.2 Å². The van der Waals surface area contributed by atoms with Crippen molar-refractivity contribution in [1.82, 2.24) is 19.2 Å². The summed E-state index contributed by atoms with van der Waals surface area (Å²) in [7, 11) is 0. The average molecular weight is 416 g/mol. The highest BCUT2D eigenvalue weighted by Crippen LogP contribution is 2.28. The molecule has 1 fully saturated rings. The normalized spacial score (nSPS) is 14.9. The molecule has 150 valence electrons. The second-order valence-electron chi connectivity index (χ2n) is 6.95. The molecule has 0 aliphatic carbocycles. The number of carbonyl (C=O) groups excluding carboxylic acids is 2. The van der Waals surface area contributed by atoms with Crippen LogP contribution in [0.2, 0.25) is 5.02 Å². The SMILES string of the molecule is NC(=O)C1CCN(C(=O)c2cnn(-c3cc(F)ccc3Cl)c2-n2cccc2)CC1. The number of nitrogens with zero attached hydrogens (tertiary/aromatic N) is 4. The van der Waals surface area contributed by atoms with Gasteiger partial charge in [-0.25, -0.2) is 9.07 Å². The van der Waals surface area contributed by atoms with Gasteiger partial charge < -0.3 is 15.2 Å². The number of hydrogen-bond acceptors (Lipinski definition) is 3. The van der Waals surface area contributed by atoms with Crippen molar-refractivity contribution in [3.8, 4) is 11.5 Å². The molecule has 1 aromatic carbocycles. The summed E-state index contributed by atoms with van der Waals surface area (Å²) in [4.78, 5) is 26.3. The Labute approximate surface area is 171 Å². The van der Waals surface area contributed by atoms with Crippen molar-refractivity contribution in [3.63, 3.8) is 0 Å². The van der Waals surface area contributed by atoms with Crippen LogP contribution >= 0.6 is 11.6 Å². The maximum Gasteiger partial charge on any atom is 0.259 e. The Hall–Kier alpha value is -3.13. The van der Waals surface area contributed by atoms with Crippen molar-refractivity contribution in [3.05, 3.63) is 65.3 Å². The molecule has 2 N–H and O–H groups in total. The summed E-state index contributed by atoms with van der Waals surface area (Å²) in [5, 5.41) is 4.64. The number of rotatable bonds is 4. The van der Waals surface area contributed by atoms with Crippen LogP contribution in [-0.4, -0.2) is 44.2 Å². The maximum absolute atomic E-state index is 13.8. The van der Waals surface area contributed by atoms with Gasteiger partial charge in [0.25, 0.3) is 5.91 Å². The molecule has 7 nitrogen and oxygen atoms in total. The van der Waals surface area contributed by atoms with Gasteiger partial charge in [0.05, 0.1) is 16.9 Å². The van der Waals surface area contributed by atoms with E-state index in [-0.39, 0.29) is 17.7 Å². The second-order valence-corrected chi connectivity index (χ2v) is 7.36. The van der Waals surface area contributed by atoms with Crippen LogP contribution in [-0.2, 0) is 4.79 Å². The number of primary amides is 1. The number of likely N-dealkylation sites (tertiary alicyclic amines) is 1. The first-order valence-electron chi connectivity index (χ1n) is 9.21. The molecule has 2 amide bonds. The van der Waals surface area contributed by atoms with Crippen molar-refractivity contribution < 1.29 is 14.0 Å². The molecule has 0 radical (unpaired) electrons. The van der Waals surface area contributed by atoms with E-state index in [1.165, 1.54) is 29.1 Å². The summed E-state index contributed by atoms with van der Waals surface area (Å²) in [6, 6.07) is 7.62. The van der Waals surface area contributed by atoms with Gasteiger partial charge in [-0.05, 0) is 37.1 Å². The molecule has 0 spiro atoms. The molecule has 1 saturated heterocycles. The van der Waals surface area contributed by atoms with Gasteiger partial charge in [0.15, 0.2) is 5.82 Å². The van der Waals surface area contributed by atoms with Crippen LogP contribution in [0, 0.1) is 11.7 Å². The fourth-order valence-corrected chi connectivity index (χ4v) is 3.78. The molecule has 2 aromatic heterocycles. The monoisotopic (exact) mass is 415 g/mol. The van der Waals surface area contributed by atoms with E-state index in [1.54, 1.807) is 21.9 Å². The predicted octanol–water partition coefficient (Wildman–Crippen LogP) is 2.79. The highest BCUT2D eigenvalue weighted by atomic mass is 35.5. The summed E-state index contributed by atoms with van der Waals surface area (Å²) in [5.74, 6) is -0.754. The van der Waals surface area contributed by atoms with Gasteiger partial charge in [-0.1, -0.05) is 11.6 Å². The summed E-state index contributed by atoms with van der Waals surface area (Å²) in [6.45, 7) is 0.868. The van der Waals surface area contributed by atoms with Crippen molar-refractivity contribution >= 4 is 23.4 Å². The minimum Gasteiger partial charge on any atom is -0.369 e. The largest absolute Gasteiger partial charge is 0.369 e. The number of carbonyl (C=O) groups is 2. The van der Waals surface area contributed by atoms with Gasteiger partial charge in [0, 0.05) is 37.5 Å². The smallest absolute Gasteiger partial charge is 0.259 e. The molecular formula is C20H19ClFN5O2. The van der Waals surface area contributed by atoms with E-state index in [9.17, 15) is 14.0 Å². The van der Waals surface area contributed by atoms with Crippen molar-refractivity contribution in [2.24, 2.45) is 11.7 Å². The number of aromatic nitrogens is 3. The van der Waals surface area contributed by atoms with Crippen LogP contribution in [0.25, 0.3) is 11.5 Å². The standard InChI is InChI=1S/C20H19ClFN5O2/c21-16-4-3-14(22)11-17(16)27-19(25-7-1-2-8-25)15(12-24-27)20(29)26-9-5-13(6-10-26)18(23)28/h1-4,7-8,11-13H,5-6,9-10H2,(H2,23,28). The topological polar surface area (TPSA) is 86.2 Å². The first kappa shape index (κ1) is 19.2. The van der Waals surface area contributed by atoms with E-state index < -0.39 is 5.82 Å². The Balaban J connectivity index is 1.73. The van der Waals surface area contributed by atoms with E-state index in [4.69, 9.17) is 17.3 Å². The zero-order chi connectivity index (χ0) is 20.5. The third-order valence-electron chi connectivity index (χ3n) is 5.14. The molecule has 29 heavy (non-hydrogen) atoms. The van der Waals surface area contributed by atoms with Gasteiger partial charge in [-0.3, -0.25) is 9.59 Å². The fraction of sp³-hybridized carbons (Fsp3) is 0.250. The second kappa shape index (κ2) is 7.71. The number of amides is 2. The molecule has 3 heterocycles. The minimum absolute atomic E-state index is 0.211. The molecule has 9 heteroatoms. The molecular weight excluding hydrogens is 397 g/mol. The Morgan fingerprint density at radius 1 is 1.17 bits per heavy atom. The first-order valence-corrected chi connectivity index (χ1v) is 9.59. The average Bonchev–Trinajstić information content (AvgIpc) is 3.38. The molecule has 0 atom stereocenters. The van der Waals surface area contributed by atoms with Crippen molar-refractivity contribution in [2.45, 2.75) is 12.8 Å². The van der Waals surface area contributed by atoms with Crippen molar-refractivity contribution in [2.75, 3.05) is 13.1 Å². The molecule has 1 aliphatic heterocycles. The zero-order valence-electron chi connectivity index (χ0n) is 15.5. The summed E-state index contributed by atoms with van der Waals surface area (Å²) < 4.78 is 17.0. The van der Waals surface area contributed by atoms with Gasteiger partial charge in [0.1, 0.15) is 11.4 Å². The van der Waals surface area contributed by atoms with Crippen molar-refractivity contribution in [1.29, 1.82) is 0 Å². The highest BCUT2D eigenvalue weighted by molar-refractivity contribution is 6.32. The Morgan fingerprint density at radius 2 is 1.86 bits per heavy atom. The molecule has 0 bridgehead atoms. The summed E-state index contributed by atoms with van der Waals surface area (Å²) in [6.07, 6.45) is 6.07. The Bertz CT molecular complexity index is 1060. The third kappa shape index (κ3) is 3.63. The Kier molecular flexibility index (Phi) is 5.10. The van der Waals surface area contributed by atoms with Crippen LogP contribution < -0.4 is 5.73 Å². The molecule has 3 aromatic rings. The number of nitrogens with two attached hydrogens (primary N) is 1. The lowest BCUT2D eigenvalue weighted by molar-refractivity contribution is -0.123. The number of benzene rings is 1. The molecule has 0 saturated carbocycles. The van der Waals surface area contributed by atoms with Crippen LogP contribution in [0.15, 0.2) is 48.9 Å². The van der Waals surface area contributed by atoms with Gasteiger partial charge in [-0.2, -0.15) is 5.10 Å². The lowest BCUT2D eigenvalue weighted by atomic mass is 9.96. The quantitative estimate of drug-likeness (QED) is 0.710. The zero-order valence-corrected chi connectivity index (χ0v) is 16.2. The highest BCUT2D eigenvalue weighted by Gasteiger charge is 2.30.